The van der Waals surface area contributed by atoms with E-state index >= 15 is 0 Å². The van der Waals surface area contributed by atoms with Crippen LogP contribution in [0.3, 0.4) is 0 Å². The van der Waals surface area contributed by atoms with E-state index in [2.05, 4.69) is 9.72 Å². The molecule has 0 spiro atoms. The third-order valence-electron chi connectivity index (χ3n) is 4.01. The number of rotatable bonds is 2. The van der Waals surface area contributed by atoms with Crippen LogP contribution in [-0.4, -0.2) is 66.9 Å². The van der Waals surface area contributed by atoms with Gasteiger partial charge in [-0.2, -0.15) is 0 Å². The molecule has 0 aliphatic carbocycles. The molecule has 1 N–H and O–H groups in total. The first kappa shape index (κ1) is 16.6. The molecule has 1 aliphatic rings. The second-order valence-electron chi connectivity index (χ2n) is 5.70. The van der Waals surface area contributed by atoms with E-state index in [1.165, 1.54) is 12.0 Å². The first-order valence-corrected chi connectivity index (χ1v) is 7.88. The average molecular weight is 352 g/mol. The molecule has 8 heteroatoms. The van der Waals surface area contributed by atoms with E-state index < -0.39 is 12.4 Å². The van der Waals surface area contributed by atoms with Gasteiger partial charge < -0.3 is 14.5 Å². The lowest BCUT2D eigenvalue weighted by Gasteiger charge is -2.38. The van der Waals surface area contributed by atoms with Crippen molar-refractivity contribution in [3.63, 3.8) is 0 Å². The number of H-pyrrole nitrogens is 1. The third-order valence-corrected chi connectivity index (χ3v) is 4.25. The van der Waals surface area contributed by atoms with Gasteiger partial charge in [0.1, 0.15) is 5.69 Å². The Labute approximate surface area is 144 Å². The fourth-order valence-corrected chi connectivity index (χ4v) is 2.93. The van der Waals surface area contributed by atoms with Crippen molar-refractivity contribution < 1.29 is 19.1 Å². The van der Waals surface area contributed by atoms with E-state index in [4.69, 9.17) is 16.3 Å². The van der Waals surface area contributed by atoms with Crippen LogP contribution in [0.1, 0.15) is 10.5 Å². The number of benzene rings is 1. The van der Waals surface area contributed by atoms with Gasteiger partial charge in [0.15, 0.2) is 6.23 Å². The summed E-state index contributed by atoms with van der Waals surface area (Å²) in [6.45, 7) is 1.57. The van der Waals surface area contributed by atoms with Gasteiger partial charge in [-0.25, -0.2) is 4.79 Å². The standard InChI is InChI=1S/C16H18ClN3O4/c1-19-5-6-20(14(9-19)24-16(22)23-2)15(21)13-8-10-7-11(17)3-4-12(10)18-13/h3-4,7-8,14,18H,5-6,9H2,1-2H3. The van der Waals surface area contributed by atoms with Crippen molar-refractivity contribution >= 4 is 34.6 Å². The van der Waals surface area contributed by atoms with Crippen molar-refractivity contribution in [1.82, 2.24) is 14.8 Å². The van der Waals surface area contributed by atoms with Crippen LogP contribution in [0.15, 0.2) is 24.3 Å². The number of carbonyl (C=O) groups excluding carboxylic acids is 2. The van der Waals surface area contributed by atoms with Crippen LogP contribution in [0.5, 0.6) is 0 Å². The van der Waals surface area contributed by atoms with E-state index in [-0.39, 0.29) is 5.91 Å². The van der Waals surface area contributed by atoms with Gasteiger partial charge in [-0.3, -0.25) is 14.6 Å². The number of piperazine rings is 1. The molecule has 1 aromatic heterocycles. The number of likely N-dealkylation sites (N-methyl/N-ethyl adjacent to an activating group) is 1. The molecule has 1 unspecified atom stereocenters. The summed E-state index contributed by atoms with van der Waals surface area (Å²) in [5, 5.41) is 1.46. The second kappa shape index (κ2) is 6.70. The van der Waals surface area contributed by atoms with Crippen molar-refractivity contribution in [3.05, 3.63) is 35.0 Å². The molecule has 1 atom stereocenters. The van der Waals surface area contributed by atoms with E-state index in [9.17, 15) is 9.59 Å². The number of hydrogen-bond donors (Lipinski definition) is 1. The van der Waals surface area contributed by atoms with Crippen LogP contribution in [0.4, 0.5) is 4.79 Å². The molecule has 1 aromatic carbocycles. The second-order valence-corrected chi connectivity index (χ2v) is 6.14. The molecule has 2 aromatic rings. The fourth-order valence-electron chi connectivity index (χ4n) is 2.74. The molecule has 24 heavy (non-hydrogen) atoms. The number of amides is 1. The molecule has 1 saturated heterocycles. The number of hydrogen-bond acceptors (Lipinski definition) is 5. The normalized spacial score (nSPS) is 18.6. The molecule has 0 radical (unpaired) electrons. The molecule has 1 amide bonds. The van der Waals surface area contributed by atoms with Crippen molar-refractivity contribution in [2.24, 2.45) is 0 Å². The molecule has 1 fully saturated rings. The quantitative estimate of drug-likeness (QED) is 0.840. The number of halogens is 1. The molecule has 3 rings (SSSR count). The molecular formula is C16H18ClN3O4. The lowest BCUT2D eigenvalue weighted by Crippen LogP contribution is -2.55. The molecule has 0 saturated carbocycles. The lowest BCUT2D eigenvalue weighted by atomic mass is 10.2. The summed E-state index contributed by atoms with van der Waals surface area (Å²) in [6, 6.07) is 7.11. The summed E-state index contributed by atoms with van der Waals surface area (Å²) >= 11 is 5.98. The van der Waals surface area contributed by atoms with E-state index in [1.807, 2.05) is 18.0 Å². The predicted molar refractivity (Wildman–Crippen MR) is 89.1 cm³/mol. The highest BCUT2D eigenvalue weighted by molar-refractivity contribution is 6.31. The monoisotopic (exact) mass is 351 g/mol. The van der Waals surface area contributed by atoms with Gasteiger partial charge in [-0.05, 0) is 31.3 Å². The van der Waals surface area contributed by atoms with Gasteiger partial charge in [0, 0.05) is 29.0 Å². The lowest BCUT2D eigenvalue weighted by molar-refractivity contribution is -0.0624. The number of nitrogens with one attached hydrogen (secondary N) is 1. The SMILES string of the molecule is COC(=O)OC1CN(C)CCN1C(=O)c1cc2cc(Cl)ccc2[nH]1. The summed E-state index contributed by atoms with van der Waals surface area (Å²) < 4.78 is 9.77. The Morgan fingerprint density at radius 3 is 2.83 bits per heavy atom. The smallest absolute Gasteiger partial charge is 0.438 e. The highest BCUT2D eigenvalue weighted by atomic mass is 35.5. The van der Waals surface area contributed by atoms with Gasteiger partial charge in [0.05, 0.1) is 13.7 Å². The Bertz CT molecular complexity index is 776. The van der Waals surface area contributed by atoms with Gasteiger partial charge in [-0.15, -0.1) is 0 Å². The maximum absolute atomic E-state index is 12.9. The van der Waals surface area contributed by atoms with Crippen LogP contribution in [0.25, 0.3) is 10.9 Å². The zero-order valence-electron chi connectivity index (χ0n) is 13.4. The molecule has 2 heterocycles. The van der Waals surface area contributed by atoms with Crippen LogP contribution in [0.2, 0.25) is 5.02 Å². The van der Waals surface area contributed by atoms with Gasteiger partial charge in [0.25, 0.3) is 5.91 Å². The molecule has 128 valence electrons. The Morgan fingerprint density at radius 1 is 1.29 bits per heavy atom. The topological polar surface area (TPSA) is 74.9 Å². The van der Waals surface area contributed by atoms with E-state index in [1.54, 1.807) is 18.2 Å². The van der Waals surface area contributed by atoms with Gasteiger partial charge in [0.2, 0.25) is 0 Å². The number of carbonyl (C=O) groups is 2. The summed E-state index contributed by atoms with van der Waals surface area (Å²) in [6.07, 6.45) is -1.50. The van der Waals surface area contributed by atoms with Gasteiger partial charge in [-0.1, -0.05) is 11.6 Å². The Morgan fingerprint density at radius 2 is 2.08 bits per heavy atom. The number of aromatic nitrogens is 1. The van der Waals surface area contributed by atoms with Crippen LogP contribution in [-0.2, 0) is 9.47 Å². The highest BCUT2D eigenvalue weighted by Crippen LogP contribution is 2.22. The zero-order chi connectivity index (χ0) is 17.3. The summed E-state index contributed by atoms with van der Waals surface area (Å²) in [4.78, 5) is 30.9. The van der Waals surface area contributed by atoms with E-state index in [0.29, 0.717) is 30.4 Å². The van der Waals surface area contributed by atoms with Crippen molar-refractivity contribution in [3.8, 4) is 0 Å². The molecule has 1 aliphatic heterocycles. The maximum Gasteiger partial charge on any atom is 0.509 e. The van der Waals surface area contributed by atoms with Crippen LogP contribution < -0.4 is 0 Å². The summed E-state index contributed by atoms with van der Waals surface area (Å²) in [5.74, 6) is -0.232. The molecule has 0 bridgehead atoms. The Kier molecular flexibility index (Phi) is 4.64. The number of aromatic amines is 1. The number of ether oxygens (including phenoxy) is 2. The van der Waals surface area contributed by atoms with E-state index in [0.717, 1.165) is 10.9 Å². The first-order valence-electron chi connectivity index (χ1n) is 7.50. The number of fused-ring (bicyclic) bond motifs is 1. The fraction of sp³-hybridized carbons (Fsp3) is 0.375. The number of nitrogens with zero attached hydrogens (tertiary/aromatic N) is 2. The minimum Gasteiger partial charge on any atom is -0.438 e. The number of methoxy groups -OCH3 is 1. The zero-order valence-corrected chi connectivity index (χ0v) is 14.2. The summed E-state index contributed by atoms with van der Waals surface area (Å²) in [7, 11) is 3.14. The highest BCUT2D eigenvalue weighted by Gasteiger charge is 2.33. The minimum atomic E-state index is -0.809. The van der Waals surface area contributed by atoms with Crippen molar-refractivity contribution in [1.29, 1.82) is 0 Å². The molecular weight excluding hydrogens is 334 g/mol. The average Bonchev–Trinajstić information content (AvgIpc) is 2.97. The van der Waals surface area contributed by atoms with Crippen LogP contribution in [0, 0.1) is 0 Å². The Hall–Kier alpha value is -2.25. The minimum absolute atomic E-state index is 0.232. The predicted octanol–water partition coefficient (Wildman–Crippen LogP) is 2.32. The summed E-state index contributed by atoms with van der Waals surface area (Å²) in [5.41, 5.74) is 1.25. The largest absolute Gasteiger partial charge is 0.509 e. The third kappa shape index (κ3) is 3.32. The van der Waals surface area contributed by atoms with Crippen molar-refractivity contribution in [2.45, 2.75) is 6.23 Å². The van der Waals surface area contributed by atoms with Crippen LogP contribution >= 0.6 is 11.6 Å². The molecule has 7 nitrogen and oxygen atoms in total. The van der Waals surface area contributed by atoms with Crippen molar-refractivity contribution in [2.75, 3.05) is 33.8 Å². The van der Waals surface area contributed by atoms with Gasteiger partial charge >= 0.3 is 6.16 Å². The Balaban J connectivity index is 1.85. The maximum atomic E-state index is 12.9. The first-order chi connectivity index (χ1) is 11.5.